The minimum absolute atomic E-state index is 0.437. The fourth-order valence-corrected chi connectivity index (χ4v) is 2.35. The van der Waals surface area contributed by atoms with E-state index < -0.39 is 0 Å². The first-order valence-corrected chi connectivity index (χ1v) is 6.93. The van der Waals surface area contributed by atoms with Gasteiger partial charge in [0.25, 0.3) is 0 Å². The molecule has 1 aliphatic rings. The zero-order chi connectivity index (χ0) is 13.0. The van der Waals surface area contributed by atoms with Gasteiger partial charge in [-0.3, -0.25) is 9.58 Å². The normalized spacial score (nSPS) is 23.2. The van der Waals surface area contributed by atoms with E-state index in [-0.39, 0.29) is 0 Å². The van der Waals surface area contributed by atoms with E-state index in [1.54, 1.807) is 0 Å². The van der Waals surface area contributed by atoms with Crippen LogP contribution < -0.4 is 11.1 Å². The standard InChI is InChI=1S/C13H25N5/c1-3-11(2)18-6-4-12(16-18)10-17-7-5-15-9-13(17)8-14/h4,6,11,13,15H,3,5,7-10,14H2,1-2H3. The third kappa shape index (κ3) is 3.10. The van der Waals surface area contributed by atoms with Gasteiger partial charge >= 0.3 is 0 Å². The zero-order valence-electron chi connectivity index (χ0n) is 11.5. The van der Waals surface area contributed by atoms with Gasteiger partial charge < -0.3 is 11.1 Å². The summed E-state index contributed by atoms with van der Waals surface area (Å²) in [6, 6.07) is 3.04. The van der Waals surface area contributed by atoms with Crippen molar-refractivity contribution in [2.75, 3.05) is 26.2 Å². The predicted octanol–water partition coefficient (Wildman–Crippen LogP) is 0.587. The molecule has 0 saturated carbocycles. The molecule has 0 radical (unpaired) electrons. The maximum atomic E-state index is 5.81. The van der Waals surface area contributed by atoms with Crippen molar-refractivity contribution in [2.45, 2.75) is 38.9 Å². The molecule has 1 aliphatic heterocycles. The Hall–Kier alpha value is -0.910. The molecular formula is C13H25N5. The molecule has 2 unspecified atom stereocenters. The lowest BCUT2D eigenvalue weighted by atomic mass is 10.2. The zero-order valence-corrected chi connectivity index (χ0v) is 11.5. The molecule has 3 N–H and O–H groups in total. The Balaban J connectivity index is 1.97. The lowest BCUT2D eigenvalue weighted by Gasteiger charge is -2.34. The van der Waals surface area contributed by atoms with Crippen LogP contribution in [0, 0.1) is 0 Å². The number of hydrogen-bond acceptors (Lipinski definition) is 4. The van der Waals surface area contributed by atoms with Crippen molar-refractivity contribution < 1.29 is 0 Å². The molecule has 0 aromatic carbocycles. The van der Waals surface area contributed by atoms with Crippen LogP contribution in [0.25, 0.3) is 0 Å². The molecule has 0 bridgehead atoms. The highest BCUT2D eigenvalue weighted by Crippen LogP contribution is 2.12. The first-order valence-electron chi connectivity index (χ1n) is 6.93. The molecule has 2 heterocycles. The molecule has 1 aromatic rings. The highest BCUT2D eigenvalue weighted by molar-refractivity contribution is 5.01. The first kappa shape index (κ1) is 13.5. The molecule has 102 valence electrons. The van der Waals surface area contributed by atoms with Gasteiger partial charge in [0.1, 0.15) is 0 Å². The van der Waals surface area contributed by atoms with Gasteiger partial charge in [-0.15, -0.1) is 0 Å². The van der Waals surface area contributed by atoms with Crippen LogP contribution >= 0.6 is 0 Å². The largest absolute Gasteiger partial charge is 0.329 e. The minimum Gasteiger partial charge on any atom is -0.329 e. The van der Waals surface area contributed by atoms with E-state index in [4.69, 9.17) is 5.73 Å². The van der Waals surface area contributed by atoms with Crippen molar-refractivity contribution in [3.8, 4) is 0 Å². The second-order valence-electron chi connectivity index (χ2n) is 5.11. The van der Waals surface area contributed by atoms with Gasteiger partial charge in [-0.1, -0.05) is 6.92 Å². The Labute approximate surface area is 109 Å². The second kappa shape index (κ2) is 6.31. The van der Waals surface area contributed by atoms with Crippen molar-refractivity contribution in [2.24, 2.45) is 5.73 Å². The molecule has 2 atom stereocenters. The molecule has 1 fully saturated rings. The number of rotatable bonds is 5. The molecule has 0 amide bonds. The van der Waals surface area contributed by atoms with E-state index in [2.05, 4.69) is 46.1 Å². The summed E-state index contributed by atoms with van der Waals surface area (Å²) in [6.07, 6.45) is 3.20. The molecule has 1 saturated heterocycles. The Kier molecular flexibility index (Phi) is 4.74. The van der Waals surface area contributed by atoms with Gasteiger partial charge in [0, 0.05) is 51.0 Å². The fourth-order valence-electron chi connectivity index (χ4n) is 2.35. The van der Waals surface area contributed by atoms with Gasteiger partial charge in [-0.05, 0) is 19.4 Å². The third-order valence-corrected chi connectivity index (χ3v) is 3.82. The minimum atomic E-state index is 0.437. The molecule has 18 heavy (non-hydrogen) atoms. The highest BCUT2D eigenvalue weighted by Gasteiger charge is 2.21. The summed E-state index contributed by atoms with van der Waals surface area (Å²) in [5.74, 6) is 0. The van der Waals surface area contributed by atoms with Crippen molar-refractivity contribution in [1.82, 2.24) is 20.0 Å². The molecule has 2 rings (SSSR count). The lowest BCUT2D eigenvalue weighted by molar-refractivity contribution is 0.155. The summed E-state index contributed by atoms with van der Waals surface area (Å²) in [6.45, 7) is 9.09. The van der Waals surface area contributed by atoms with Crippen LogP contribution in [0.5, 0.6) is 0 Å². The Morgan fingerprint density at radius 1 is 1.61 bits per heavy atom. The van der Waals surface area contributed by atoms with Gasteiger partial charge in [0.15, 0.2) is 0 Å². The number of hydrogen-bond donors (Lipinski definition) is 2. The molecule has 5 heteroatoms. The highest BCUT2D eigenvalue weighted by atomic mass is 15.3. The number of aromatic nitrogens is 2. The molecule has 5 nitrogen and oxygen atoms in total. The Morgan fingerprint density at radius 2 is 2.44 bits per heavy atom. The van der Waals surface area contributed by atoms with Gasteiger partial charge in [-0.25, -0.2) is 0 Å². The monoisotopic (exact) mass is 251 g/mol. The number of piperazine rings is 1. The van der Waals surface area contributed by atoms with Crippen LogP contribution in [-0.4, -0.2) is 46.9 Å². The van der Waals surface area contributed by atoms with Crippen molar-refractivity contribution in [3.63, 3.8) is 0 Å². The van der Waals surface area contributed by atoms with E-state index in [0.29, 0.717) is 18.6 Å². The SMILES string of the molecule is CCC(C)n1ccc(CN2CCNCC2CN)n1. The van der Waals surface area contributed by atoms with Crippen LogP contribution in [-0.2, 0) is 6.54 Å². The van der Waals surface area contributed by atoms with Crippen molar-refractivity contribution in [3.05, 3.63) is 18.0 Å². The average molecular weight is 251 g/mol. The van der Waals surface area contributed by atoms with Crippen molar-refractivity contribution in [1.29, 1.82) is 0 Å². The summed E-state index contributed by atoms with van der Waals surface area (Å²) in [5.41, 5.74) is 6.96. The van der Waals surface area contributed by atoms with E-state index in [1.165, 1.54) is 0 Å². The van der Waals surface area contributed by atoms with Crippen molar-refractivity contribution >= 4 is 0 Å². The summed E-state index contributed by atoms with van der Waals surface area (Å²) >= 11 is 0. The maximum absolute atomic E-state index is 5.81. The number of nitrogens with zero attached hydrogens (tertiary/aromatic N) is 3. The Bertz CT molecular complexity index is 362. The van der Waals surface area contributed by atoms with E-state index in [0.717, 1.165) is 38.3 Å². The molecule has 0 aliphatic carbocycles. The second-order valence-corrected chi connectivity index (χ2v) is 5.11. The van der Waals surface area contributed by atoms with Crippen LogP contribution in [0.1, 0.15) is 32.0 Å². The number of nitrogens with two attached hydrogens (primary N) is 1. The summed E-state index contributed by atoms with van der Waals surface area (Å²) in [4.78, 5) is 2.43. The van der Waals surface area contributed by atoms with E-state index >= 15 is 0 Å². The quantitative estimate of drug-likeness (QED) is 0.804. The summed E-state index contributed by atoms with van der Waals surface area (Å²) in [7, 11) is 0. The molecule has 0 spiro atoms. The van der Waals surface area contributed by atoms with Gasteiger partial charge in [0.2, 0.25) is 0 Å². The summed E-state index contributed by atoms with van der Waals surface area (Å²) < 4.78 is 2.06. The topological polar surface area (TPSA) is 59.1 Å². The number of nitrogens with one attached hydrogen (secondary N) is 1. The average Bonchev–Trinajstić information content (AvgIpc) is 2.87. The Morgan fingerprint density at radius 3 is 3.17 bits per heavy atom. The third-order valence-electron chi connectivity index (χ3n) is 3.82. The van der Waals surface area contributed by atoms with E-state index in [1.807, 2.05) is 0 Å². The maximum Gasteiger partial charge on any atom is 0.0765 e. The van der Waals surface area contributed by atoms with Gasteiger partial charge in [-0.2, -0.15) is 5.10 Å². The molecular weight excluding hydrogens is 226 g/mol. The molecule has 1 aromatic heterocycles. The fraction of sp³-hybridized carbons (Fsp3) is 0.769. The van der Waals surface area contributed by atoms with Crippen LogP contribution in [0.3, 0.4) is 0 Å². The van der Waals surface area contributed by atoms with Crippen LogP contribution in [0.2, 0.25) is 0 Å². The smallest absolute Gasteiger partial charge is 0.0765 e. The summed E-state index contributed by atoms with van der Waals surface area (Å²) in [5, 5.41) is 8.04. The van der Waals surface area contributed by atoms with Crippen LogP contribution in [0.15, 0.2) is 12.3 Å². The lowest BCUT2D eigenvalue weighted by Crippen LogP contribution is -2.53. The van der Waals surface area contributed by atoms with Crippen LogP contribution in [0.4, 0.5) is 0 Å². The predicted molar refractivity (Wildman–Crippen MR) is 73.4 cm³/mol. The van der Waals surface area contributed by atoms with Gasteiger partial charge in [0.05, 0.1) is 5.69 Å². The van der Waals surface area contributed by atoms with E-state index in [9.17, 15) is 0 Å². The first-order chi connectivity index (χ1) is 8.74.